The van der Waals surface area contributed by atoms with Crippen molar-refractivity contribution in [3.8, 4) is 0 Å². The summed E-state index contributed by atoms with van der Waals surface area (Å²) in [6.07, 6.45) is 1.89. The van der Waals surface area contributed by atoms with Gasteiger partial charge in [-0.25, -0.2) is 4.98 Å². The third-order valence-corrected chi connectivity index (χ3v) is 4.88. The van der Waals surface area contributed by atoms with E-state index >= 15 is 0 Å². The highest BCUT2D eigenvalue weighted by atomic mass is 35.5. The van der Waals surface area contributed by atoms with E-state index in [0.717, 1.165) is 23.4 Å². The number of halogens is 1. The lowest BCUT2D eigenvalue weighted by atomic mass is 9.96. The van der Waals surface area contributed by atoms with Gasteiger partial charge in [0.05, 0.1) is 15.2 Å². The number of thiazole rings is 1. The molecule has 3 aromatic rings. The Hall–Kier alpha value is -1.42. The minimum Gasteiger partial charge on any atom is -0.330 e. The standard InChI is InChI=1S/C17H17ClN2S/c18-14-7-5-12(6-8-14)9-13(11-19)10-17-20-15-3-1-2-4-16(15)21-17/h1-8,13H,9-11,19H2. The molecule has 0 radical (unpaired) electrons. The highest BCUT2D eigenvalue weighted by Gasteiger charge is 2.12. The summed E-state index contributed by atoms with van der Waals surface area (Å²) in [5.74, 6) is 0.409. The maximum Gasteiger partial charge on any atom is 0.0941 e. The van der Waals surface area contributed by atoms with Crippen molar-refractivity contribution in [1.29, 1.82) is 0 Å². The Morgan fingerprint density at radius 3 is 2.52 bits per heavy atom. The van der Waals surface area contributed by atoms with Gasteiger partial charge in [-0.15, -0.1) is 11.3 Å². The van der Waals surface area contributed by atoms with Crippen molar-refractivity contribution >= 4 is 33.2 Å². The van der Waals surface area contributed by atoms with Crippen LogP contribution in [0.15, 0.2) is 48.5 Å². The van der Waals surface area contributed by atoms with E-state index in [4.69, 9.17) is 22.3 Å². The average molecular weight is 317 g/mol. The van der Waals surface area contributed by atoms with Crippen LogP contribution in [0.5, 0.6) is 0 Å². The molecule has 0 saturated carbocycles. The van der Waals surface area contributed by atoms with Gasteiger partial charge in [0.2, 0.25) is 0 Å². The van der Waals surface area contributed by atoms with Crippen LogP contribution >= 0.6 is 22.9 Å². The number of fused-ring (bicyclic) bond motifs is 1. The Labute approximate surface area is 133 Å². The average Bonchev–Trinajstić information content (AvgIpc) is 2.91. The zero-order valence-corrected chi connectivity index (χ0v) is 13.2. The molecule has 1 atom stereocenters. The topological polar surface area (TPSA) is 38.9 Å². The van der Waals surface area contributed by atoms with E-state index in [1.165, 1.54) is 15.3 Å². The largest absolute Gasteiger partial charge is 0.330 e. The summed E-state index contributed by atoms with van der Waals surface area (Å²) in [6, 6.07) is 16.3. The molecule has 2 nitrogen and oxygen atoms in total. The lowest BCUT2D eigenvalue weighted by molar-refractivity contribution is 0.532. The minimum absolute atomic E-state index is 0.409. The maximum atomic E-state index is 5.94. The molecule has 2 aromatic carbocycles. The van der Waals surface area contributed by atoms with Crippen LogP contribution < -0.4 is 5.73 Å². The van der Waals surface area contributed by atoms with Crippen LogP contribution in [0.3, 0.4) is 0 Å². The van der Waals surface area contributed by atoms with Crippen LogP contribution in [0, 0.1) is 5.92 Å². The Kier molecular flexibility index (Phi) is 4.54. The predicted octanol–water partition coefficient (Wildman–Crippen LogP) is 4.31. The van der Waals surface area contributed by atoms with E-state index in [9.17, 15) is 0 Å². The molecule has 108 valence electrons. The number of nitrogens with zero attached hydrogens (tertiary/aromatic N) is 1. The first-order chi connectivity index (χ1) is 10.2. The molecular weight excluding hydrogens is 300 g/mol. The third-order valence-electron chi connectivity index (χ3n) is 3.57. The summed E-state index contributed by atoms with van der Waals surface area (Å²) in [4.78, 5) is 4.70. The highest BCUT2D eigenvalue weighted by Crippen LogP contribution is 2.24. The molecule has 0 spiro atoms. The van der Waals surface area contributed by atoms with Crippen molar-refractivity contribution in [3.63, 3.8) is 0 Å². The van der Waals surface area contributed by atoms with Gasteiger partial charge in [-0.3, -0.25) is 0 Å². The normalized spacial score (nSPS) is 12.7. The van der Waals surface area contributed by atoms with Crippen LogP contribution in [-0.2, 0) is 12.8 Å². The lowest BCUT2D eigenvalue weighted by Gasteiger charge is -2.13. The molecule has 21 heavy (non-hydrogen) atoms. The Bertz CT molecular complexity index is 688. The van der Waals surface area contributed by atoms with Gasteiger partial charge in [-0.2, -0.15) is 0 Å². The fourth-order valence-electron chi connectivity index (χ4n) is 2.45. The van der Waals surface area contributed by atoms with E-state index in [0.29, 0.717) is 12.5 Å². The highest BCUT2D eigenvalue weighted by molar-refractivity contribution is 7.18. The number of hydrogen-bond donors (Lipinski definition) is 1. The van der Waals surface area contributed by atoms with Gasteiger partial charge in [0.15, 0.2) is 0 Å². The molecule has 4 heteroatoms. The zero-order valence-electron chi connectivity index (χ0n) is 11.6. The summed E-state index contributed by atoms with van der Waals surface area (Å²) in [5, 5.41) is 1.94. The zero-order chi connectivity index (χ0) is 14.7. The number of benzene rings is 2. The summed E-state index contributed by atoms with van der Waals surface area (Å²) in [6.45, 7) is 0.665. The van der Waals surface area contributed by atoms with Gasteiger partial charge in [-0.1, -0.05) is 35.9 Å². The summed E-state index contributed by atoms with van der Waals surface area (Å²) in [7, 11) is 0. The van der Waals surface area contributed by atoms with Crippen molar-refractivity contribution in [1.82, 2.24) is 4.98 Å². The van der Waals surface area contributed by atoms with Crippen molar-refractivity contribution in [3.05, 3.63) is 64.1 Å². The van der Waals surface area contributed by atoms with Crippen molar-refractivity contribution < 1.29 is 0 Å². The first-order valence-corrected chi connectivity index (χ1v) is 8.23. The van der Waals surface area contributed by atoms with Gasteiger partial charge < -0.3 is 5.73 Å². The molecule has 0 saturated heterocycles. The lowest BCUT2D eigenvalue weighted by Crippen LogP contribution is -2.19. The third kappa shape index (κ3) is 3.62. The van der Waals surface area contributed by atoms with Gasteiger partial charge in [-0.05, 0) is 48.7 Å². The van der Waals surface area contributed by atoms with Crippen molar-refractivity contribution in [2.24, 2.45) is 11.7 Å². The first-order valence-electron chi connectivity index (χ1n) is 7.03. The van der Waals surface area contributed by atoms with E-state index in [2.05, 4.69) is 30.3 Å². The Morgan fingerprint density at radius 1 is 1.05 bits per heavy atom. The number of hydrogen-bond acceptors (Lipinski definition) is 3. The molecule has 1 aromatic heterocycles. The van der Waals surface area contributed by atoms with Crippen LogP contribution in [0.1, 0.15) is 10.6 Å². The molecule has 0 aliphatic heterocycles. The quantitative estimate of drug-likeness (QED) is 0.761. The smallest absolute Gasteiger partial charge is 0.0941 e. The monoisotopic (exact) mass is 316 g/mol. The minimum atomic E-state index is 0.409. The van der Waals surface area contributed by atoms with E-state index in [-0.39, 0.29) is 0 Å². The molecule has 0 bridgehead atoms. The second-order valence-corrected chi connectivity index (χ2v) is 6.76. The second-order valence-electron chi connectivity index (χ2n) is 5.21. The molecule has 0 aliphatic rings. The second kappa shape index (κ2) is 6.56. The Morgan fingerprint density at radius 2 is 1.81 bits per heavy atom. The van der Waals surface area contributed by atoms with Crippen LogP contribution in [-0.4, -0.2) is 11.5 Å². The first kappa shape index (κ1) is 14.5. The molecule has 0 amide bonds. The van der Waals surface area contributed by atoms with Crippen LogP contribution in [0.4, 0.5) is 0 Å². The maximum absolute atomic E-state index is 5.94. The fraction of sp³-hybridized carbons (Fsp3) is 0.235. The molecular formula is C17H17ClN2S. The fourth-order valence-corrected chi connectivity index (χ4v) is 3.65. The molecule has 3 rings (SSSR count). The van der Waals surface area contributed by atoms with Gasteiger partial charge in [0.25, 0.3) is 0 Å². The van der Waals surface area contributed by atoms with Gasteiger partial charge in [0.1, 0.15) is 0 Å². The summed E-state index contributed by atoms with van der Waals surface area (Å²) < 4.78 is 1.25. The van der Waals surface area contributed by atoms with E-state index in [1.54, 1.807) is 11.3 Å². The number of nitrogens with two attached hydrogens (primary N) is 1. The van der Waals surface area contributed by atoms with E-state index in [1.807, 2.05) is 18.2 Å². The Balaban J connectivity index is 1.73. The SMILES string of the molecule is NCC(Cc1ccc(Cl)cc1)Cc1nc2ccccc2s1. The number of para-hydroxylation sites is 1. The molecule has 0 aliphatic carbocycles. The van der Waals surface area contributed by atoms with E-state index < -0.39 is 0 Å². The van der Waals surface area contributed by atoms with Gasteiger partial charge >= 0.3 is 0 Å². The molecule has 2 N–H and O–H groups in total. The molecule has 1 unspecified atom stereocenters. The molecule has 1 heterocycles. The van der Waals surface area contributed by atoms with Crippen LogP contribution in [0.2, 0.25) is 5.02 Å². The van der Waals surface area contributed by atoms with Gasteiger partial charge in [0, 0.05) is 11.4 Å². The number of rotatable bonds is 5. The summed E-state index contributed by atoms with van der Waals surface area (Å²) in [5.41, 5.74) is 8.30. The summed E-state index contributed by atoms with van der Waals surface area (Å²) >= 11 is 7.69. The van der Waals surface area contributed by atoms with Crippen LogP contribution in [0.25, 0.3) is 10.2 Å². The number of aromatic nitrogens is 1. The van der Waals surface area contributed by atoms with Crippen molar-refractivity contribution in [2.75, 3.05) is 6.54 Å². The predicted molar refractivity (Wildman–Crippen MR) is 91.0 cm³/mol. The molecule has 0 fully saturated rings. The van der Waals surface area contributed by atoms with Crippen molar-refractivity contribution in [2.45, 2.75) is 12.8 Å².